The SMILES string of the molecule is O=CN1CCN(C(=O)c2ccc(Nc3ccccc3Br)nn2)CC1. The minimum atomic E-state index is -0.166. The van der Waals surface area contributed by atoms with Crippen LogP contribution in [0.25, 0.3) is 0 Å². The third-order valence-electron chi connectivity index (χ3n) is 3.77. The number of carbonyl (C=O) groups excluding carboxylic acids is 2. The summed E-state index contributed by atoms with van der Waals surface area (Å²) in [6, 6.07) is 11.1. The lowest BCUT2D eigenvalue weighted by molar-refractivity contribution is -0.119. The molecule has 1 aromatic carbocycles. The maximum Gasteiger partial charge on any atom is 0.274 e. The predicted molar refractivity (Wildman–Crippen MR) is 93.0 cm³/mol. The highest BCUT2D eigenvalue weighted by molar-refractivity contribution is 9.10. The maximum absolute atomic E-state index is 12.4. The van der Waals surface area contributed by atoms with Crippen LogP contribution in [0.3, 0.4) is 0 Å². The van der Waals surface area contributed by atoms with Gasteiger partial charge in [0.1, 0.15) is 0 Å². The number of benzene rings is 1. The zero-order valence-electron chi connectivity index (χ0n) is 12.9. The van der Waals surface area contributed by atoms with Gasteiger partial charge in [-0.2, -0.15) is 0 Å². The summed E-state index contributed by atoms with van der Waals surface area (Å²) in [6.07, 6.45) is 0.809. The van der Waals surface area contributed by atoms with Crippen molar-refractivity contribution in [3.63, 3.8) is 0 Å². The number of rotatable bonds is 4. The normalized spacial score (nSPS) is 14.4. The first-order valence-electron chi connectivity index (χ1n) is 7.51. The van der Waals surface area contributed by atoms with Crippen LogP contribution in [0.15, 0.2) is 40.9 Å². The van der Waals surface area contributed by atoms with Crippen LogP contribution >= 0.6 is 15.9 Å². The fraction of sp³-hybridized carbons (Fsp3) is 0.250. The molecule has 0 aliphatic carbocycles. The number of aromatic nitrogens is 2. The minimum absolute atomic E-state index is 0.166. The van der Waals surface area contributed by atoms with Crippen molar-refractivity contribution in [2.45, 2.75) is 0 Å². The maximum atomic E-state index is 12.4. The Morgan fingerprint density at radius 3 is 2.46 bits per heavy atom. The Labute approximate surface area is 147 Å². The Morgan fingerprint density at radius 2 is 1.83 bits per heavy atom. The number of hydrogen-bond donors (Lipinski definition) is 1. The van der Waals surface area contributed by atoms with Crippen LogP contribution in [0, 0.1) is 0 Å². The lowest BCUT2D eigenvalue weighted by Crippen LogP contribution is -2.48. The van der Waals surface area contributed by atoms with Gasteiger partial charge in [-0.25, -0.2) is 0 Å². The van der Waals surface area contributed by atoms with Gasteiger partial charge in [-0.15, -0.1) is 10.2 Å². The van der Waals surface area contributed by atoms with E-state index >= 15 is 0 Å². The summed E-state index contributed by atoms with van der Waals surface area (Å²) in [7, 11) is 0. The molecule has 2 amide bonds. The summed E-state index contributed by atoms with van der Waals surface area (Å²) in [5, 5.41) is 11.2. The number of amides is 2. The molecule has 7 nitrogen and oxygen atoms in total. The van der Waals surface area contributed by atoms with Crippen molar-refractivity contribution < 1.29 is 9.59 Å². The number of nitrogens with zero attached hydrogens (tertiary/aromatic N) is 4. The molecule has 8 heteroatoms. The van der Waals surface area contributed by atoms with Gasteiger partial charge in [0, 0.05) is 30.7 Å². The molecule has 0 saturated carbocycles. The quantitative estimate of drug-likeness (QED) is 0.807. The van der Waals surface area contributed by atoms with Crippen molar-refractivity contribution in [2.24, 2.45) is 0 Å². The Kier molecular flexibility index (Phi) is 5.05. The van der Waals surface area contributed by atoms with Gasteiger partial charge in [-0.3, -0.25) is 9.59 Å². The molecule has 1 aliphatic rings. The fourth-order valence-corrected chi connectivity index (χ4v) is 2.79. The molecule has 0 spiro atoms. The van der Waals surface area contributed by atoms with Crippen molar-refractivity contribution in [2.75, 3.05) is 31.5 Å². The molecule has 124 valence electrons. The first-order valence-corrected chi connectivity index (χ1v) is 8.30. The summed E-state index contributed by atoms with van der Waals surface area (Å²) in [6.45, 7) is 2.11. The second kappa shape index (κ2) is 7.39. The first kappa shape index (κ1) is 16.4. The summed E-state index contributed by atoms with van der Waals surface area (Å²) in [5.74, 6) is 0.393. The van der Waals surface area contributed by atoms with Gasteiger partial charge in [0.15, 0.2) is 11.5 Å². The molecule has 0 unspecified atom stereocenters. The van der Waals surface area contributed by atoms with E-state index in [9.17, 15) is 9.59 Å². The van der Waals surface area contributed by atoms with Crippen LogP contribution in [-0.2, 0) is 4.79 Å². The van der Waals surface area contributed by atoms with Gasteiger partial charge in [0.05, 0.1) is 5.69 Å². The Morgan fingerprint density at radius 1 is 1.08 bits per heavy atom. The Hall–Kier alpha value is -2.48. The van der Waals surface area contributed by atoms with Crippen molar-refractivity contribution in [1.82, 2.24) is 20.0 Å². The highest BCUT2D eigenvalue weighted by Crippen LogP contribution is 2.24. The minimum Gasteiger partial charge on any atom is -0.342 e. The highest BCUT2D eigenvalue weighted by Gasteiger charge is 2.22. The van der Waals surface area contributed by atoms with E-state index < -0.39 is 0 Å². The van der Waals surface area contributed by atoms with Gasteiger partial charge in [0.2, 0.25) is 6.41 Å². The monoisotopic (exact) mass is 389 g/mol. The number of anilines is 2. The second-order valence-corrected chi connectivity index (χ2v) is 6.20. The van der Waals surface area contributed by atoms with Crippen molar-refractivity contribution in [3.05, 3.63) is 46.6 Å². The number of nitrogens with one attached hydrogen (secondary N) is 1. The molecule has 1 aliphatic heterocycles. The molecule has 3 rings (SSSR count). The molecule has 24 heavy (non-hydrogen) atoms. The van der Waals surface area contributed by atoms with E-state index in [2.05, 4.69) is 31.4 Å². The molecule has 1 N–H and O–H groups in total. The van der Waals surface area contributed by atoms with Gasteiger partial charge in [-0.05, 0) is 40.2 Å². The van der Waals surface area contributed by atoms with E-state index in [0.29, 0.717) is 37.7 Å². The van der Waals surface area contributed by atoms with Crippen molar-refractivity contribution in [1.29, 1.82) is 0 Å². The molecule has 1 aromatic heterocycles. The third-order valence-corrected chi connectivity index (χ3v) is 4.46. The largest absolute Gasteiger partial charge is 0.342 e. The number of halogens is 1. The van der Waals surface area contributed by atoms with E-state index in [0.717, 1.165) is 16.6 Å². The van der Waals surface area contributed by atoms with Crippen molar-refractivity contribution >= 4 is 39.8 Å². The van der Waals surface area contributed by atoms with E-state index in [1.165, 1.54) is 0 Å². The van der Waals surface area contributed by atoms with Gasteiger partial charge >= 0.3 is 0 Å². The van der Waals surface area contributed by atoms with Crippen LogP contribution in [0.1, 0.15) is 10.5 Å². The van der Waals surface area contributed by atoms with Gasteiger partial charge in [0.25, 0.3) is 5.91 Å². The molecular formula is C16H16BrN5O2. The molecule has 2 aromatic rings. The van der Waals surface area contributed by atoms with Crippen LogP contribution in [0.5, 0.6) is 0 Å². The zero-order valence-corrected chi connectivity index (χ0v) is 14.4. The lowest BCUT2D eigenvalue weighted by Gasteiger charge is -2.32. The van der Waals surface area contributed by atoms with E-state index in [1.54, 1.807) is 21.9 Å². The highest BCUT2D eigenvalue weighted by atomic mass is 79.9. The molecule has 0 atom stereocenters. The molecule has 0 bridgehead atoms. The van der Waals surface area contributed by atoms with E-state index in [-0.39, 0.29) is 5.91 Å². The van der Waals surface area contributed by atoms with E-state index in [4.69, 9.17) is 0 Å². The second-order valence-electron chi connectivity index (χ2n) is 5.34. The average Bonchev–Trinajstić information content (AvgIpc) is 2.64. The number of carbonyl (C=O) groups is 2. The van der Waals surface area contributed by atoms with Crippen LogP contribution in [-0.4, -0.2) is 58.5 Å². The van der Waals surface area contributed by atoms with Gasteiger partial charge in [-0.1, -0.05) is 12.1 Å². The van der Waals surface area contributed by atoms with Crippen LogP contribution in [0.4, 0.5) is 11.5 Å². The van der Waals surface area contributed by atoms with Crippen molar-refractivity contribution in [3.8, 4) is 0 Å². The number of hydrogen-bond acceptors (Lipinski definition) is 5. The molecule has 1 fully saturated rings. The predicted octanol–water partition coefficient (Wildman–Crippen LogP) is 1.90. The van der Waals surface area contributed by atoms with Gasteiger partial charge < -0.3 is 15.1 Å². The Bertz CT molecular complexity index is 730. The Balaban J connectivity index is 1.65. The van der Waals surface area contributed by atoms with Crippen LogP contribution in [0.2, 0.25) is 0 Å². The molecular weight excluding hydrogens is 374 g/mol. The summed E-state index contributed by atoms with van der Waals surface area (Å²) in [5.41, 5.74) is 1.17. The lowest BCUT2D eigenvalue weighted by atomic mass is 10.2. The summed E-state index contributed by atoms with van der Waals surface area (Å²) >= 11 is 3.45. The molecule has 0 radical (unpaired) electrons. The van der Waals surface area contributed by atoms with E-state index in [1.807, 2.05) is 24.3 Å². The number of piperazine rings is 1. The molecule has 2 heterocycles. The average molecular weight is 390 g/mol. The molecule has 1 saturated heterocycles. The first-order chi connectivity index (χ1) is 11.7. The smallest absolute Gasteiger partial charge is 0.274 e. The summed E-state index contributed by atoms with van der Waals surface area (Å²) in [4.78, 5) is 26.5. The number of para-hydroxylation sites is 1. The summed E-state index contributed by atoms with van der Waals surface area (Å²) < 4.78 is 0.917. The zero-order chi connectivity index (χ0) is 16.9. The topological polar surface area (TPSA) is 78.4 Å². The van der Waals surface area contributed by atoms with Crippen LogP contribution < -0.4 is 5.32 Å². The standard InChI is InChI=1S/C16H16BrN5O2/c17-12-3-1-2-4-13(12)18-15-6-5-14(19-20-15)16(24)22-9-7-21(11-23)8-10-22/h1-6,11H,7-10H2,(H,18,20). The third kappa shape index (κ3) is 3.70. The fourth-order valence-electron chi connectivity index (χ4n) is 2.41.